The van der Waals surface area contributed by atoms with Crippen LogP contribution in [0.15, 0.2) is 82.4 Å². The van der Waals surface area contributed by atoms with Crippen LogP contribution in [0.3, 0.4) is 0 Å². The van der Waals surface area contributed by atoms with Crippen LogP contribution in [0.5, 0.6) is 0 Å². The van der Waals surface area contributed by atoms with E-state index in [4.69, 9.17) is 16.6 Å². The van der Waals surface area contributed by atoms with Crippen molar-refractivity contribution in [2.24, 2.45) is 7.05 Å². The number of nitrogens with zero attached hydrogens (tertiary/aromatic N) is 3. The van der Waals surface area contributed by atoms with Crippen LogP contribution in [0.25, 0.3) is 39.0 Å². The number of hydrogen-bond donors (Lipinski definition) is 0. The highest BCUT2D eigenvalue weighted by atomic mass is 35.5. The molecular formula is C24H15ClFN3O2. The Labute approximate surface area is 180 Å². The lowest BCUT2D eigenvalue weighted by molar-refractivity contribution is 0.628. The molecule has 0 atom stereocenters. The average Bonchev–Trinajstić information content (AvgIpc) is 2.77. The second-order valence-electron chi connectivity index (χ2n) is 7.17. The fourth-order valence-electron chi connectivity index (χ4n) is 3.81. The van der Waals surface area contributed by atoms with Gasteiger partial charge in [0.2, 0.25) is 5.43 Å². The van der Waals surface area contributed by atoms with E-state index in [1.54, 1.807) is 66.2 Å². The van der Waals surface area contributed by atoms with Crippen molar-refractivity contribution in [3.8, 4) is 17.1 Å². The SMILES string of the molecule is Cn1c2ccccc2c(=O)c2c(=O)n(-c3cccc(Cl)c3)c(-c3ccc(F)cc3)nc21. The minimum absolute atomic E-state index is 0.0213. The largest absolute Gasteiger partial charge is 0.328 e. The van der Waals surface area contributed by atoms with Gasteiger partial charge in [0.25, 0.3) is 5.56 Å². The molecule has 0 aliphatic rings. The second-order valence-corrected chi connectivity index (χ2v) is 7.60. The predicted molar refractivity (Wildman–Crippen MR) is 120 cm³/mol. The Morgan fingerprint density at radius 2 is 1.68 bits per heavy atom. The lowest BCUT2D eigenvalue weighted by Gasteiger charge is -2.16. The number of para-hydroxylation sites is 1. The molecule has 3 aromatic carbocycles. The molecule has 0 bridgehead atoms. The summed E-state index contributed by atoms with van der Waals surface area (Å²) < 4.78 is 16.6. The van der Waals surface area contributed by atoms with Crippen molar-refractivity contribution in [2.45, 2.75) is 0 Å². The predicted octanol–water partition coefficient (Wildman–Crippen LogP) is 4.70. The first-order chi connectivity index (χ1) is 15.0. The van der Waals surface area contributed by atoms with Gasteiger partial charge in [-0.05, 0) is 54.6 Å². The van der Waals surface area contributed by atoms with E-state index in [0.717, 1.165) is 0 Å². The van der Waals surface area contributed by atoms with E-state index < -0.39 is 11.4 Å². The summed E-state index contributed by atoms with van der Waals surface area (Å²) in [5.74, 6) is -0.121. The topological polar surface area (TPSA) is 56.9 Å². The van der Waals surface area contributed by atoms with Gasteiger partial charge < -0.3 is 4.57 Å². The van der Waals surface area contributed by atoms with Crippen molar-refractivity contribution in [3.63, 3.8) is 0 Å². The maximum Gasteiger partial charge on any atom is 0.271 e. The zero-order chi connectivity index (χ0) is 21.7. The van der Waals surface area contributed by atoms with Crippen LogP contribution in [0.2, 0.25) is 5.02 Å². The zero-order valence-corrected chi connectivity index (χ0v) is 17.1. The summed E-state index contributed by atoms with van der Waals surface area (Å²) >= 11 is 6.17. The van der Waals surface area contributed by atoms with Crippen molar-refractivity contribution >= 4 is 33.5 Å². The van der Waals surface area contributed by atoms with Gasteiger partial charge >= 0.3 is 0 Å². The third-order valence-corrected chi connectivity index (χ3v) is 5.52. The smallest absolute Gasteiger partial charge is 0.271 e. The van der Waals surface area contributed by atoms with E-state index in [1.165, 1.54) is 16.7 Å². The quantitative estimate of drug-likeness (QED) is 0.381. The Hall–Kier alpha value is -3.77. The molecule has 0 saturated heterocycles. The van der Waals surface area contributed by atoms with Crippen LogP contribution >= 0.6 is 11.6 Å². The number of benzene rings is 3. The first-order valence-electron chi connectivity index (χ1n) is 9.52. The fourth-order valence-corrected chi connectivity index (χ4v) is 3.99. The summed E-state index contributed by atoms with van der Waals surface area (Å²) in [6.07, 6.45) is 0. The van der Waals surface area contributed by atoms with Crippen molar-refractivity contribution in [2.75, 3.05) is 0 Å². The minimum Gasteiger partial charge on any atom is -0.328 e. The Kier molecular flexibility index (Phi) is 4.45. The van der Waals surface area contributed by atoms with Gasteiger partial charge in [-0.3, -0.25) is 14.2 Å². The molecule has 0 spiro atoms. The van der Waals surface area contributed by atoms with E-state index in [-0.39, 0.29) is 22.3 Å². The van der Waals surface area contributed by atoms with Crippen LogP contribution in [-0.2, 0) is 7.05 Å². The van der Waals surface area contributed by atoms with E-state index in [0.29, 0.717) is 27.2 Å². The van der Waals surface area contributed by atoms with Crippen LogP contribution in [0.4, 0.5) is 4.39 Å². The van der Waals surface area contributed by atoms with Crippen LogP contribution < -0.4 is 11.0 Å². The van der Waals surface area contributed by atoms with Gasteiger partial charge in [-0.1, -0.05) is 29.8 Å². The van der Waals surface area contributed by atoms with E-state index >= 15 is 0 Å². The molecule has 31 heavy (non-hydrogen) atoms. The summed E-state index contributed by atoms with van der Waals surface area (Å²) in [6.45, 7) is 0. The highest BCUT2D eigenvalue weighted by Gasteiger charge is 2.20. The molecular weight excluding hydrogens is 417 g/mol. The fraction of sp³-hybridized carbons (Fsp3) is 0.0417. The maximum atomic E-state index is 13.7. The third-order valence-electron chi connectivity index (χ3n) is 5.29. The van der Waals surface area contributed by atoms with Gasteiger partial charge in [-0.25, -0.2) is 9.37 Å². The van der Waals surface area contributed by atoms with Crippen LogP contribution in [0, 0.1) is 5.82 Å². The number of rotatable bonds is 2. The standard InChI is InChI=1S/C24H15ClFN3O2/c1-28-19-8-3-2-7-18(19)21(30)20-23(28)27-22(14-9-11-16(26)12-10-14)29(24(20)31)17-6-4-5-15(25)13-17/h2-13H,1H3. The monoisotopic (exact) mass is 431 g/mol. The molecule has 0 saturated carbocycles. The normalized spacial score (nSPS) is 11.3. The Morgan fingerprint density at radius 3 is 2.42 bits per heavy atom. The number of aromatic nitrogens is 3. The number of fused-ring (bicyclic) bond motifs is 2. The first-order valence-corrected chi connectivity index (χ1v) is 9.90. The summed E-state index contributed by atoms with van der Waals surface area (Å²) in [7, 11) is 1.76. The van der Waals surface area contributed by atoms with Gasteiger partial charge in [0.05, 0.1) is 11.2 Å². The lowest BCUT2D eigenvalue weighted by Crippen LogP contribution is -2.28. The molecule has 0 fully saturated rings. The number of pyridine rings is 1. The van der Waals surface area contributed by atoms with Crippen LogP contribution in [-0.4, -0.2) is 14.1 Å². The number of halogens is 2. The molecule has 0 radical (unpaired) electrons. The molecule has 5 aromatic rings. The number of hydrogen-bond acceptors (Lipinski definition) is 3. The Bertz CT molecular complexity index is 1600. The summed E-state index contributed by atoms with van der Waals surface area (Å²) in [6, 6.07) is 19.5. The Morgan fingerprint density at radius 1 is 0.935 bits per heavy atom. The van der Waals surface area contributed by atoms with E-state index in [1.807, 2.05) is 6.07 Å². The summed E-state index contributed by atoms with van der Waals surface area (Å²) in [4.78, 5) is 31.7. The van der Waals surface area contributed by atoms with Crippen LogP contribution in [0.1, 0.15) is 0 Å². The van der Waals surface area contributed by atoms with Crippen molar-refractivity contribution in [1.82, 2.24) is 14.1 Å². The highest BCUT2D eigenvalue weighted by Crippen LogP contribution is 2.24. The van der Waals surface area contributed by atoms with E-state index in [2.05, 4.69) is 0 Å². The molecule has 0 unspecified atom stereocenters. The van der Waals surface area contributed by atoms with Gasteiger partial charge in [-0.15, -0.1) is 0 Å². The average molecular weight is 432 g/mol. The molecule has 0 aliphatic heterocycles. The van der Waals surface area contributed by atoms with Gasteiger partial charge in [0, 0.05) is 23.0 Å². The van der Waals surface area contributed by atoms with Crippen molar-refractivity contribution < 1.29 is 4.39 Å². The maximum absolute atomic E-state index is 13.7. The minimum atomic E-state index is -0.516. The molecule has 152 valence electrons. The molecule has 0 amide bonds. The Balaban J connectivity index is 2.01. The number of aryl methyl sites for hydroxylation is 1. The zero-order valence-electron chi connectivity index (χ0n) is 16.3. The van der Waals surface area contributed by atoms with Crippen molar-refractivity contribution in [3.05, 3.63) is 104 Å². The van der Waals surface area contributed by atoms with E-state index in [9.17, 15) is 14.0 Å². The summed E-state index contributed by atoms with van der Waals surface area (Å²) in [5.41, 5.74) is 1.01. The highest BCUT2D eigenvalue weighted by molar-refractivity contribution is 6.30. The van der Waals surface area contributed by atoms with Gasteiger partial charge in [0.1, 0.15) is 17.0 Å². The molecule has 7 heteroatoms. The first kappa shape index (κ1) is 19.2. The molecule has 2 heterocycles. The van der Waals surface area contributed by atoms with Crippen molar-refractivity contribution in [1.29, 1.82) is 0 Å². The lowest BCUT2D eigenvalue weighted by atomic mass is 10.1. The molecule has 0 N–H and O–H groups in total. The van der Waals surface area contributed by atoms with Gasteiger partial charge in [0.15, 0.2) is 5.65 Å². The van der Waals surface area contributed by atoms with Gasteiger partial charge in [-0.2, -0.15) is 0 Å². The molecule has 5 rings (SSSR count). The molecule has 2 aromatic heterocycles. The molecule has 5 nitrogen and oxygen atoms in total. The molecule has 0 aliphatic carbocycles. The summed E-state index contributed by atoms with van der Waals surface area (Å²) in [5, 5.41) is 0.844. The second kappa shape index (κ2) is 7.18. The third kappa shape index (κ3) is 3.04.